The van der Waals surface area contributed by atoms with Crippen LogP contribution in [0.4, 0.5) is 0 Å². The van der Waals surface area contributed by atoms with Gasteiger partial charge >= 0.3 is 0 Å². The van der Waals surface area contributed by atoms with Crippen molar-refractivity contribution in [1.82, 2.24) is 5.48 Å². The zero-order chi connectivity index (χ0) is 13.2. The Morgan fingerprint density at radius 2 is 1.82 bits per heavy atom. The number of halogens is 3. The Morgan fingerprint density at radius 3 is 2.35 bits per heavy atom. The number of benzene rings is 1. The molecule has 0 aliphatic rings. The highest BCUT2D eigenvalue weighted by Gasteiger charge is 2.17. The van der Waals surface area contributed by atoms with Crippen molar-refractivity contribution in [2.75, 3.05) is 0 Å². The van der Waals surface area contributed by atoms with Crippen LogP contribution in [0.5, 0.6) is 0 Å². The molecule has 1 rings (SSSR count). The van der Waals surface area contributed by atoms with E-state index in [1.165, 1.54) is 0 Å². The van der Waals surface area contributed by atoms with Crippen molar-refractivity contribution >= 4 is 73.7 Å². The quantitative estimate of drug-likeness (QED) is 0.332. The molecule has 0 aliphatic heterocycles. The van der Waals surface area contributed by atoms with Gasteiger partial charge in [0.1, 0.15) is 0 Å². The van der Waals surface area contributed by atoms with E-state index in [-0.39, 0.29) is 5.91 Å². The minimum absolute atomic E-state index is 0.208. The summed E-state index contributed by atoms with van der Waals surface area (Å²) in [6.07, 6.45) is 0. The molecule has 1 aromatic rings. The predicted molar refractivity (Wildman–Crippen MR) is 92.9 cm³/mol. The average molecular weight is 571 g/mol. The summed E-state index contributed by atoms with van der Waals surface area (Å²) in [6, 6.07) is 3.89. The van der Waals surface area contributed by atoms with E-state index in [9.17, 15) is 4.79 Å². The molecule has 17 heavy (non-hydrogen) atoms. The van der Waals surface area contributed by atoms with Crippen LogP contribution < -0.4 is 5.48 Å². The van der Waals surface area contributed by atoms with E-state index in [0.717, 1.165) is 10.7 Å². The van der Waals surface area contributed by atoms with E-state index >= 15 is 0 Å². The first-order chi connectivity index (χ1) is 7.70. The molecule has 1 aromatic carbocycles. The lowest BCUT2D eigenvalue weighted by Crippen LogP contribution is -2.34. The molecule has 0 aromatic heterocycles. The van der Waals surface area contributed by atoms with Crippen molar-refractivity contribution in [2.45, 2.75) is 26.4 Å². The van der Waals surface area contributed by atoms with Gasteiger partial charge in [-0.2, -0.15) is 0 Å². The third kappa shape index (κ3) is 5.15. The predicted octanol–water partition coefficient (Wildman–Crippen LogP) is 3.96. The topological polar surface area (TPSA) is 38.3 Å². The molecule has 0 fully saturated rings. The van der Waals surface area contributed by atoms with E-state index in [4.69, 9.17) is 4.84 Å². The van der Waals surface area contributed by atoms with Crippen molar-refractivity contribution in [1.29, 1.82) is 0 Å². The molecule has 0 saturated carbocycles. The molecular formula is C11H12I3NO2. The highest BCUT2D eigenvalue weighted by Crippen LogP contribution is 2.23. The van der Waals surface area contributed by atoms with Crippen LogP contribution in [0, 0.1) is 10.7 Å². The van der Waals surface area contributed by atoms with Gasteiger partial charge in [-0.15, -0.1) is 0 Å². The summed E-state index contributed by atoms with van der Waals surface area (Å²) in [4.78, 5) is 17.2. The fraction of sp³-hybridized carbons (Fsp3) is 0.364. The maximum Gasteiger partial charge on any atom is 0.276 e. The first-order valence-electron chi connectivity index (χ1n) is 4.83. The number of amides is 1. The Labute approximate surface area is 142 Å². The molecule has 1 N–H and O–H groups in total. The molecule has 0 spiro atoms. The van der Waals surface area contributed by atoms with Crippen LogP contribution in [0.25, 0.3) is 0 Å². The summed E-state index contributed by atoms with van der Waals surface area (Å²) in [5, 5.41) is 0. The Balaban J connectivity index is 2.90. The average Bonchev–Trinajstić information content (AvgIpc) is 2.19. The van der Waals surface area contributed by atoms with Gasteiger partial charge in [-0.1, -0.05) is 0 Å². The van der Waals surface area contributed by atoms with Gasteiger partial charge in [0, 0.05) is 10.7 Å². The number of nitrogens with one attached hydrogen (secondary N) is 1. The summed E-state index contributed by atoms with van der Waals surface area (Å²) in [5.74, 6) is -0.208. The summed E-state index contributed by atoms with van der Waals surface area (Å²) >= 11 is 6.59. The molecule has 1 amide bonds. The second-order valence-corrected chi connectivity index (χ2v) is 7.88. The smallest absolute Gasteiger partial charge is 0.268 e. The van der Waals surface area contributed by atoms with Gasteiger partial charge in [-0.05, 0) is 101 Å². The van der Waals surface area contributed by atoms with E-state index in [1.54, 1.807) is 0 Å². The second kappa shape index (κ2) is 6.33. The lowest BCUT2D eigenvalue weighted by Gasteiger charge is -2.19. The fourth-order valence-corrected chi connectivity index (χ4v) is 3.38. The van der Waals surface area contributed by atoms with Crippen molar-refractivity contribution in [3.8, 4) is 0 Å². The van der Waals surface area contributed by atoms with E-state index in [0.29, 0.717) is 5.56 Å². The standard InChI is InChI=1S/C11H12I3NO2/c1-11(2,3)17-15-10(16)7-4-6(12)5-8(13)9(7)14/h4-5H,1-3H3,(H,15,16). The van der Waals surface area contributed by atoms with Crippen LogP contribution in [0.3, 0.4) is 0 Å². The van der Waals surface area contributed by atoms with Crippen LogP contribution >= 0.6 is 67.8 Å². The molecule has 0 radical (unpaired) electrons. The number of carbonyl (C=O) groups excluding carboxylic acids is 1. The number of hydroxylamine groups is 1. The molecule has 94 valence electrons. The maximum absolute atomic E-state index is 12.0. The van der Waals surface area contributed by atoms with Gasteiger partial charge in [0.15, 0.2) is 0 Å². The number of rotatable bonds is 2. The summed E-state index contributed by atoms with van der Waals surface area (Å²) < 4.78 is 3.04. The third-order valence-corrected chi connectivity index (χ3v) is 5.36. The van der Waals surface area contributed by atoms with Crippen LogP contribution in [0.1, 0.15) is 31.1 Å². The van der Waals surface area contributed by atoms with Gasteiger partial charge in [0.2, 0.25) is 0 Å². The van der Waals surface area contributed by atoms with E-state index in [2.05, 4.69) is 73.3 Å². The number of carbonyl (C=O) groups is 1. The van der Waals surface area contributed by atoms with Crippen LogP contribution in [0.15, 0.2) is 12.1 Å². The highest BCUT2D eigenvalue weighted by molar-refractivity contribution is 14.1. The first kappa shape index (κ1) is 15.9. The van der Waals surface area contributed by atoms with Crippen LogP contribution in [0.2, 0.25) is 0 Å². The minimum atomic E-state index is -0.393. The zero-order valence-electron chi connectivity index (χ0n) is 9.61. The van der Waals surface area contributed by atoms with Gasteiger partial charge in [0.25, 0.3) is 5.91 Å². The van der Waals surface area contributed by atoms with Gasteiger partial charge in [0.05, 0.1) is 11.2 Å². The van der Waals surface area contributed by atoms with Crippen molar-refractivity contribution in [3.63, 3.8) is 0 Å². The zero-order valence-corrected chi connectivity index (χ0v) is 16.1. The van der Waals surface area contributed by atoms with Gasteiger partial charge in [-0.3, -0.25) is 9.63 Å². The molecule has 0 saturated heterocycles. The Bertz CT molecular complexity index is 441. The Kier molecular flexibility index (Phi) is 5.92. The lowest BCUT2D eigenvalue weighted by molar-refractivity contribution is -0.0590. The number of hydrogen-bond donors (Lipinski definition) is 1. The highest BCUT2D eigenvalue weighted by atomic mass is 127. The molecule has 0 heterocycles. The summed E-state index contributed by atoms with van der Waals surface area (Å²) in [7, 11) is 0. The summed E-state index contributed by atoms with van der Waals surface area (Å²) in [5.41, 5.74) is 2.74. The maximum atomic E-state index is 12.0. The van der Waals surface area contributed by atoms with Crippen LogP contribution in [-0.4, -0.2) is 11.5 Å². The number of hydrogen-bond acceptors (Lipinski definition) is 2. The van der Waals surface area contributed by atoms with Gasteiger partial charge < -0.3 is 0 Å². The first-order valence-corrected chi connectivity index (χ1v) is 8.07. The molecule has 3 nitrogen and oxygen atoms in total. The van der Waals surface area contributed by atoms with E-state index < -0.39 is 5.60 Å². The molecule has 0 bridgehead atoms. The lowest BCUT2D eigenvalue weighted by atomic mass is 10.2. The normalized spacial score (nSPS) is 11.4. The monoisotopic (exact) mass is 571 g/mol. The van der Waals surface area contributed by atoms with Crippen molar-refractivity contribution in [3.05, 3.63) is 28.4 Å². The van der Waals surface area contributed by atoms with Crippen molar-refractivity contribution in [2.24, 2.45) is 0 Å². The van der Waals surface area contributed by atoms with Crippen molar-refractivity contribution < 1.29 is 9.63 Å². The largest absolute Gasteiger partial charge is 0.276 e. The fourth-order valence-electron chi connectivity index (χ4n) is 0.976. The summed E-state index contributed by atoms with van der Waals surface area (Å²) in [6.45, 7) is 5.66. The molecular weight excluding hydrogens is 559 g/mol. The minimum Gasteiger partial charge on any atom is -0.268 e. The molecule has 0 unspecified atom stereocenters. The van der Waals surface area contributed by atoms with Gasteiger partial charge in [-0.25, -0.2) is 5.48 Å². The molecule has 0 atom stereocenters. The Morgan fingerprint density at radius 1 is 1.24 bits per heavy atom. The molecule has 0 aliphatic carbocycles. The van der Waals surface area contributed by atoms with E-state index in [1.807, 2.05) is 32.9 Å². The van der Waals surface area contributed by atoms with Crippen LogP contribution in [-0.2, 0) is 4.84 Å². The Hall–Kier alpha value is 0.840. The molecule has 6 heteroatoms. The second-order valence-electron chi connectivity index (χ2n) is 4.39. The SMILES string of the molecule is CC(C)(C)ONC(=O)c1cc(I)cc(I)c1I. The third-order valence-electron chi connectivity index (χ3n) is 1.69.